The summed E-state index contributed by atoms with van der Waals surface area (Å²) in [5, 5.41) is 2.99. The van der Waals surface area contributed by atoms with Gasteiger partial charge in [-0.25, -0.2) is 0 Å². The summed E-state index contributed by atoms with van der Waals surface area (Å²) in [7, 11) is 0. The molecule has 4 rings (SSSR count). The Labute approximate surface area is 192 Å². The third-order valence-corrected chi connectivity index (χ3v) is 7.67. The van der Waals surface area contributed by atoms with Crippen molar-refractivity contribution in [3.05, 3.63) is 23.2 Å². The highest BCUT2D eigenvalue weighted by Gasteiger charge is 2.32. The Morgan fingerprint density at radius 2 is 1.65 bits per heavy atom. The van der Waals surface area contributed by atoms with E-state index in [4.69, 9.17) is 11.6 Å². The van der Waals surface area contributed by atoms with E-state index in [1.807, 2.05) is 15.9 Å². The number of nitrogens with one attached hydrogen (secondary N) is 1. The minimum atomic E-state index is -0.441. The Kier molecular flexibility index (Phi) is 7.40. The smallest absolute Gasteiger partial charge is 0.238 e. The quantitative estimate of drug-likeness (QED) is 0.741. The van der Waals surface area contributed by atoms with E-state index in [9.17, 15) is 14.4 Å². The number of likely N-dealkylation sites (tertiary alicyclic amines) is 1. The fourth-order valence-electron chi connectivity index (χ4n) is 4.31. The van der Waals surface area contributed by atoms with Crippen LogP contribution in [0.4, 0.5) is 5.69 Å². The number of amides is 3. The summed E-state index contributed by atoms with van der Waals surface area (Å²) in [5.74, 6) is 0.0362. The molecule has 1 atom stereocenters. The van der Waals surface area contributed by atoms with Crippen LogP contribution in [0.1, 0.15) is 32.1 Å². The van der Waals surface area contributed by atoms with E-state index in [2.05, 4.69) is 10.2 Å². The Morgan fingerprint density at radius 1 is 0.968 bits per heavy atom. The van der Waals surface area contributed by atoms with Crippen LogP contribution in [0.3, 0.4) is 0 Å². The van der Waals surface area contributed by atoms with Crippen LogP contribution in [0.15, 0.2) is 23.1 Å². The monoisotopic (exact) mass is 464 g/mol. The Morgan fingerprint density at radius 3 is 2.35 bits per heavy atom. The van der Waals surface area contributed by atoms with Gasteiger partial charge in [-0.3, -0.25) is 19.3 Å². The minimum absolute atomic E-state index is 0.0106. The van der Waals surface area contributed by atoms with Crippen molar-refractivity contribution in [1.29, 1.82) is 0 Å². The van der Waals surface area contributed by atoms with E-state index in [0.717, 1.165) is 30.8 Å². The number of fused-ring (bicyclic) bond motifs is 1. The SMILES string of the molecule is O=C1Nc2cc(Cl)ccc2SC1CC(=O)N1CCN(CC(=O)N2CCCCCC2)CC1. The molecule has 0 saturated carbocycles. The number of hydrogen-bond donors (Lipinski definition) is 1. The summed E-state index contributed by atoms with van der Waals surface area (Å²) >= 11 is 7.41. The van der Waals surface area contributed by atoms with Crippen molar-refractivity contribution in [3.8, 4) is 0 Å². The van der Waals surface area contributed by atoms with Crippen LogP contribution in [-0.4, -0.2) is 83.5 Å². The number of piperazine rings is 1. The molecule has 9 heteroatoms. The second-order valence-electron chi connectivity index (χ2n) is 8.39. The maximum absolute atomic E-state index is 12.8. The summed E-state index contributed by atoms with van der Waals surface area (Å²) in [5.41, 5.74) is 0.703. The molecule has 7 nitrogen and oxygen atoms in total. The van der Waals surface area contributed by atoms with Crippen molar-refractivity contribution < 1.29 is 14.4 Å². The van der Waals surface area contributed by atoms with Crippen LogP contribution in [0.2, 0.25) is 5.02 Å². The van der Waals surface area contributed by atoms with Gasteiger partial charge >= 0.3 is 0 Å². The van der Waals surface area contributed by atoms with Gasteiger partial charge in [0.2, 0.25) is 17.7 Å². The summed E-state index contributed by atoms with van der Waals surface area (Å²) < 4.78 is 0. The first-order valence-corrected chi connectivity index (χ1v) is 12.3. The summed E-state index contributed by atoms with van der Waals surface area (Å²) in [6, 6.07) is 5.39. The molecule has 0 aromatic heterocycles. The number of benzene rings is 1. The lowest BCUT2D eigenvalue weighted by Crippen LogP contribution is -2.52. The number of carbonyl (C=O) groups is 3. The fourth-order valence-corrected chi connectivity index (χ4v) is 5.57. The number of thioether (sulfide) groups is 1. The van der Waals surface area contributed by atoms with E-state index >= 15 is 0 Å². The third kappa shape index (κ3) is 5.73. The highest BCUT2D eigenvalue weighted by atomic mass is 35.5. The van der Waals surface area contributed by atoms with Gasteiger partial charge < -0.3 is 15.1 Å². The molecule has 0 aliphatic carbocycles. The van der Waals surface area contributed by atoms with Crippen LogP contribution >= 0.6 is 23.4 Å². The maximum Gasteiger partial charge on any atom is 0.238 e. The molecule has 2 saturated heterocycles. The van der Waals surface area contributed by atoms with Crippen molar-refractivity contribution in [2.75, 3.05) is 51.1 Å². The highest BCUT2D eigenvalue weighted by Crippen LogP contribution is 2.38. The van der Waals surface area contributed by atoms with E-state index in [0.29, 0.717) is 43.4 Å². The molecule has 31 heavy (non-hydrogen) atoms. The number of anilines is 1. The average molecular weight is 465 g/mol. The van der Waals surface area contributed by atoms with Gasteiger partial charge in [0, 0.05) is 55.6 Å². The van der Waals surface area contributed by atoms with Gasteiger partial charge in [0.05, 0.1) is 17.5 Å². The third-order valence-electron chi connectivity index (χ3n) is 6.16. The molecule has 1 aromatic rings. The summed E-state index contributed by atoms with van der Waals surface area (Å²) in [6.07, 6.45) is 4.78. The fraction of sp³-hybridized carbons (Fsp3) is 0.591. The van der Waals surface area contributed by atoms with Crippen LogP contribution in [0.5, 0.6) is 0 Å². The van der Waals surface area contributed by atoms with Gasteiger partial charge in [-0.15, -0.1) is 11.8 Å². The van der Waals surface area contributed by atoms with Gasteiger partial charge in [0.15, 0.2) is 0 Å². The maximum atomic E-state index is 12.8. The number of halogens is 1. The van der Waals surface area contributed by atoms with Crippen LogP contribution in [0.25, 0.3) is 0 Å². The molecule has 1 N–H and O–H groups in total. The standard InChI is InChI=1S/C22H29ClN4O3S/c23-16-5-6-18-17(13-16)24-22(30)19(31-18)14-20(28)27-11-9-25(10-12-27)15-21(29)26-7-3-1-2-4-8-26/h5-6,13,19H,1-4,7-12,14-15H2,(H,24,30). The summed E-state index contributed by atoms with van der Waals surface area (Å²) in [6.45, 7) is 4.74. The molecule has 3 aliphatic heterocycles. The largest absolute Gasteiger partial charge is 0.342 e. The number of carbonyl (C=O) groups excluding carboxylic acids is 3. The lowest BCUT2D eigenvalue weighted by Gasteiger charge is -2.36. The van der Waals surface area contributed by atoms with Crippen molar-refractivity contribution in [3.63, 3.8) is 0 Å². The zero-order valence-corrected chi connectivity index (χ0v) is 19.2. The molecule has 0 bridgehead atoms. The Hall–Kier alpha value is -1.77. The predicted molar refractivity (Wildman–Crippen MR) is 122 cm³/mol. The van der Waals surface area contributed by atoms with Crippen LogP contribution < -0.4 is 5.32 Å². The van der Waals surface area contributed by atoms with E-state index < -0.39 is 5.25 Å². The van der Waals surface area contributed by atoms with Crippen LogP contribution in [-0.2, 0) is 14.4 Å². The molecule has 2 fully saturated rings. The first-order valence-electron chi connectivity index (χ1n) is 11.0. The molecular formula is C22H29ClN4O3S. The summed E-state index contributed by atoms with van der Waals surface area (Å²) in [4.78, 5) is 44.7. The Bertz CT molecular complexity index is 836. The van der Waals surface area contributed by atoms with Crippen molar-refractivity contribution in [1.82, 2.24) is 14.7 Å². The number of hydrogen-bond acceptors (Lipinski definition) is 5. The van der Waals surface area contributed by atoms with Gasteiger partial charge in [0.1, 0.15) is 0 Å². The van der Waals surface area contributed by atoms with Crippen molar-refractivity contribution in [2.24, 2.45) is 0 Å². The normalized spacial score (nSPS) is 22.5. The average Bonchev–Trinajstić information content (AvgIpc) is 3.04. The molecule has 3 heterocycles. The lowest BCUT2D eigenvalue weighted by atomic mass is 10.2. The predicted octanol–water partition coefficient (Wildman–Crippen LogP) is 2.69. The van der Waals surface area contributed by atoms with E-state index in [1.54, 1.807) is 12.1 Å². The second-order valence-corrected chi connectivity index (χ2v) is 10.1. The zero-order valence-electron chi connectivity index (χ0n) is 17.6. The number of rotatable bonds is 4. The molecule has 168 valence electrons. The molecule has 1 unspecified atom stereocenters. The molecule has 0 spiro atoms. The zero-order chi connectivity index (χ0) is 21.8. The second kappa shape index (κ2) is 10.2. The Balaban J connectivity index is 1.24. The highest BCUT2D eigenvalue weighted by molar-refractivity contribution is 8.01. The topological polar surface area (TPSA) is 73.0 Å². The van der Waals surface area contributed by atoms with Gasteiger partial charge in [-0.1, -0.05) is 24.4 Å². The molecule has 3 aliphatic rings. The molecule has 1 aromatic carbocycles. The van der Waals surface area contributed by atoms with Crippen molar-refractivity contribution >= 4 is 46.8 Å². The van der Waals surface area contributed by atoms with Gasteiger partial charge in [-0.2, -0.15) is 0 Å². The minimum Gasteiger partial charge on any atom is -0.342 e. The van der Waals surface area contributed by atoms with E-state index in [-0.39, 0.29) is 24.1 Å². The first kappa shape index (κ1) is 22.4. The van der Waals surface area contributed by atoms with Crippen LogP contribution in [0, 0.1) is 0 Å². The molecular weight excluding hydrogens is 436 g/mol. The number of nitrogens with zero attached hydrogens (tertiary/aromatic N) is 3. The molecule has 3 amide bonds. The lowest BCUT2D eigenvalue weighted by molar-refractivity contribution is -0.136. The van der Waals surface area contributed by atoms with Crippen molar-refractivity contribution in [2.45, 2.75) is 42.2 Å². The van der Waals surface area contributed by atoms with Gasteiger partial charge in [0.25, 0.3) is 0 Å². The first-order chi connectivity index (χ1) is 15.0. The molecule has 0 radical (unpaired) electrons. The van der Waals surface area contributed by atoms with E-state index in [1.165, 1.54) is 24.6 Å². The van der Waals surface area contributed by atoms with Gasteiger partial charge in [-0.05, 0) is 31.0 Å².